The second kappa shape index (κ2) is 7.78. The zero-order valence-corrected chi connectivity index (χ0v) is 14.8. The molecule has 3 rings (SSSR count). The molecular formula is C19H25N3O3. The molecule has 0 aliphatic carbocycles. The number of nitrogens with one attached hydrogen (secondary N) is 1. The van der Waals surface area contributed by atoms with E-state index in [2.05, 4.69) is 10.3 Å². The molecule has 1 amide bonds. The third kappa shape index (κ3) is 4.07. The molecule has 0 bridgehead atoms. The van der Waals surface area contributed by atoms with Crippen LogP contribution in [0.2, 0.25) is 0 Å². The van der Waals surface area contributed by atoms with Gasteiger partial charge in [0, 0.05) is 19.6 Å². The van der Waals surface area contributed by atoms with Crippen LogP contribution in [0.5, 0.6) is 0 Å². The minimum Gasteiger partial charge on any atom is -0.376 e. The van der Waals surface area contributed by atoms with E-state index < -0.39 is 0 Å². The lowest BCUT2D eigenvalue weighted by Crippen LogP contribution is -2.40. The molecule has 1 saturated heterocycles. The first-order valence-electron chi connectivity index (χ1n) is 8.93. The SMILES string of the molecule is Cc1nc2ccccc2c(=O)n1CCCC(=O)N[C@@H](C)[C@H]1CCCO1. The van der Waals surface area contributed by atoms with Crippen molar-refractivity contribution in [1.29, 1.82) is 0 Å². The number of rotatable bonds is 6. The summed E-state index contributed by atoms with van der Waals surface area (Å²) in [7, 11) is 0. The van der Waals surface area contributed by atoms with Crippen LogP contribution in [0, 0.1) is 6.92 Å². The number of fused-ring (bicyclic) bond motifs is 1. The summed E-state index contributed by atoms with van der Waals surface area (Å²) in [5.74, 6) is 0.680. The smallest absolute Gasteiger partial charge is 0.261 e. The minimum absolute atomic E-state index is 0.00227. The lowest BCUT2D eigenvalue weighted by atomic mass is 10.1. The van der Waals surface area contributed by atoms with Gasteiger partial charge < -0.3 is 10.1 Å². The van der Waals surface area contributed by atoms with Crippen molar-refractivity contribution in [2.24, 2.45) is 0 Å². The molecule has 6 nitrogen and oxygen atoms in total. The standard InChI is InChI=1S/C19H25N3O3/c1-13(17-9-6-12-25-17)20-18(23)10-5-11-22-14(2)21-16-8-4-3-7-15(16)19(22)24/h3-4,7-8,13,17H,5-6,9-12H2,1-2H3,(H,20,23)/t13-,17+/m0/s1. The fraction of sp³-hybridized carbons (Fsp3) is 0.526. The van der Waals surface area contributed by atoms with Crippen LogP contribution in [0.15, 0.2) is 29.1 Å². The monoisotopic (exact) mass is 343 g/mol. The topological polar surface area (TPSA) is 73.2 Å². The van der Waals surface area contributed by atoms with Crippen LogP contribution in [0.3, 0.4) is 0 Å². The van der Waals surface area contributed by atoms with E-state index in [1.165, 1.54) is 0 Å². The summed E-state index contributed by atoms with van der Waals surface area (Å²) in [6, 6.07) is 7.37. The van der Waals surface area contributed by atoms with Gasteiger partial charge in [-0.1, -0.05) is 12.1 Å². The van der Waals surface area contributed by atoms with Gasteiger partial charge in [0.15, 0.2) is 0 Å². The Hall–Kier alpha value is -2.21. The summed E-state index contributed by atoms with van der Waals surface area (Å²) >= 11 is 0. The molecule has 0 spiro atoms. The van der Waals surface area contributed by atoms with Crippen molar-refractivity contribution in [2.45, 2.75) is 58.2 Å². The van der Waals surface area contributed by atoms with Crippen molar-refractivity contribution < 1.29 is 9.53 Å². The summed E-state index contributed by atoms with van der Waals surface area (Å²) in [4.78, 5) is 29.2. The highest BCUT2D eigenvalue weighted by Gasteiger charge is 2.23. The van der Waals surface area contributed by atoms with Crippen LogP contribution >= 0.6 is 0 Å². The molecule has 2 aromatic rings. The van der Waals surface area contributed by atoms with Crippen molar-refractivity contribution in [3.8, 4) is 0 Å². The van der Waals surface area contributed by atoms with Gasteiger partial charge in [-0.15, -0.1) is 0 Å². The molecule has 1 N–H and O–H groups in total. The van der Waals surface area contributed by atoms with E-state index >= 15 is 0 Å². The zero-order valence-electron chi connectivity index (χ0n) is 14.8. The highest BCUT2D eigenvalue weighted by Crippen LogP contribution is 2.15. The van der Waals surface area contributed by atoms with Gasteiger partial charge in [0.05, 0.1) is 23.0 Å². The van der Waals surface area contributed by atoms with Gasteiger partial charge in [0.25, 0.3) is 5.56 Å². The van der Waals surface area contributed by atoms with Gasteiger partial charge in [-0.25, -0.2) is 4.98 Å². The summed E-state index contributed by atoms with van der Waals surface area (Å²) in [6.45, 7) is 5.08. The Kier molecular flexibility index (Phi) is 5.48. The van der Waals surface area contributed by atoms with Gasteiger partial charge in [-0.3, -0.25) is 14.2 Å². The summed E-state index contributed by atoms with van der Waals surface area (Å²) in [5, 5.41) is 3.62. The number of aromatic nitrogens is 2. The van der Waals surface area contributed by atoms with Crippen molar-refractivity contribution in [3.63, 3.8) is 0 Å². The second-order valence-corrected chi connectivity index (χ2v) is 6.64. The van der Waals surface area contributed by atoms with Crippen LogP contribution in [0.25, 0.3) is 10.9 Å². The van der Waals surface area contributed by atoms with E-state index in [4.69, 9.17) is 4.74 Å². The van der Waals surface area contributed by atoms with Crippen LogP contribution in [-0.4, -0.2) is 34.2 Å². The van der Waals surface area contributed by atoms with Crippen LogP contribution < -0.4 is 10.9 Å². The zero-order chi connectivity index (χ0) is 17.8. The first kappa shape index (κ1) is 17.6. The first-order chi connectivity index (χ1) is 12.1. The highest BCUT2D eigenvalue weighted by atomic mass is 16.5. The molecule has 0 unspecified atom stereocenters. The maximum atomic E-state index is 12.6. The molecule has 6 heteroatoms. The average Bonchev–Trinajstić information content (AvgIpc) is 3.12. The number of nitrogens with zero attached hydrogens (tertiary/aromatic N) is 2. The number of carbonyl (C=O) groups is 1. The van der Waals surface area contributed by atoms with E-state index in [-0.39, 0.29) is 23.6 Å². The Morgan fingerprint density at radius 2 is 2.24 bits per heavy atom. The van der Waals surface area contributed by atoms with E-state index in [1.54, 1.807) is 10.6 Å². The van der Waals surface area contributed by atoms with Crippen molar-refractivity contribution in [2.75, 3.05) is 6.61 Å². The van der Waals surface area contributed by atoms with Crippen LogP contribution in [0.1, 0.15) is 38.4 Å². The Morgan fingerprint density at radius 1 is 1.44 bits per heavy atom. The average molecular weight is 343 g/mol. The normalized spacial score (nSPS) is 18.4. The number of hydrogen-bond donors (Lipinski definition) is 1. The van der Waals surface area contributed by atoms with Gasteiger partial charge in [-0.2, -0.15) is 0 Å². The molecule has 25 heavy (non-hydrogen) atoms. The lowest BCUT2D eigenvalue weighted by Gasteiger charge is -2.20. The maximum absolute atomic E-state index is 12.6. The number of ether oxygens (including phenoxy) is 1. The third-order valence-electron chi connectivity index (χ3n) is 4.75. The predicted octanol–water partition coefficient (Wildman–Crippen LogP) is 2.17. The molecular weight excluding hydrogens is 318 g/mol. The maximum Gasteiger partial charge on any atom is 0.261 e. The molecule has 2 heterocycles. The van der Waals surface area contributed by atoms with Gasteiger partial charge in [0.2, 0.25) is 5.91 Å². The van der Waals surface area contributed by atoms with Crippen molar-refractivity contribution in [1.82, 2.24) is 14.9 Å². The number of hydrogen-bond acceptors (Lipinski definition) is 4. The summed E-state index contributed by atoms with van der Waals surface area (Å²) < 4.78 is 7.25. The predicted molar refractivity (Wildman–Crippen MR) is 96.6 cm³/mol. The minimum atomic E-state index is -0.0452. The molecule has 2 atom stereocenters. The molecule has 1 fully saturated rings. The van der Waals surface area contributed by atoms with E-state index in [1.807, 2.05) is 32.0 Å². The van der Waals surface area contributed by atoms with Gasteiger partial charge in [0.1, 0.15) is 5.82 Å². The third-order valence-corrected chi connectivity index (χ3v) is 4.75. The number of benzene rings is 1. The Labute approximate surface area is 147 Å². The first-order valence-corrected chi connectivity index (χ1v) is 8.93. The van der Waals surface area contributed by atoms with Crippen LogP contribution in [-0.2, 0) is 16.1 Å². The fourth-order valence-electron chi connectivity index (χ4n) is 3.36. The van der Waals surface area contributed by atoms with E-state index in [9.17, 15) is 9.59 Å². The molecule has 0 saturated carbocycles. The lowest BCUT2D eigenvalue weighted by molar-refractivity contribution is -0.122. The van der Waals surface area contributed by atoms with Gasteiger partial charge >= 0.3 is 0 Å². The van der Waals surface area contributed by atoms with Crippen molar-refractivity contribution in [3.05, 3.63) is 40.4 Å². The van der Waals surface area contributed by atoms with Crippen LogP contribution in [0.4, 0.5) is 0 Å². The summed E-state index contributed by atoms with van der Waals surface area (Å²) in [6.07, 6.45) is 3.17. The fourth-order valence-corrected chi connectivity index (χ4v) is 3.36. The molecule has 134 valence electrons. The number of carbonyl (C=O) groups excluding carboxylic acids is 1. The molecule has 1 aliphatic rings. The highest BCUT2D eigenvalue weighted by molar-refractivity contribution is 5.77. The van der Waals surface area contributed by atoms with E-state index in [0.717, 1.165) is 19.4 Å². The molecule has 1 aliphatic heterocycles. The quantitative estimate of drug-likeness (QED) is 0.872. The summed E-state index contributed by atoms with van der Waals surface area (Å²) in [5.41, 5.74) is 0.667. The Bertz CT molecular complexity index is 809. The molecule has 0 radical (unpaired) electrons. The number of aryl methyl sites for hydroxylation is 1. The Morgan fingerprint density at radius 3 is 3.00 bits per heavy atom. The number of para-hydroxylation sites is 1. The van der Waals surface area contributed by atoms with E-state index in [0.29, 0.717) is 36.1 Å². The largest absolute Gasteiger partial charge is 0.376 e. The molecule has 1 aromatic carbocycles. The number of amides is 1. The van der Waals surface area contributed by atoms with Crippen molar-refractivity contribution >= 4 is 16.8 Å². The van der Waals surface area contributed by atoms with Gasteiger partial charge in [-0.05, 0) is 45.2 Å². The second-order valence-electron chi connectivity index (χ2n) is 6.64. The molecule has 1 aromatic heterocycles. The Balaban J connectivity index is 1.57.